The molecule has 0 amide bonds. The number of rotatable bonds is 5. The average Bonchev–Trinajstić information content (AvgIpc) is 3.24. The summed E-state index contributed by atoms with van der Waals surface area (Å²) in [5.74, 6) is -2.95. The molecule has 0 aliphatic carbocycles. The zero-order valence-corrected chi connectivity index (χ0v) is 18.1. The molecule has 8 nitrogen and oxygen atoms in total. The molecule has 2 fully saturated rings. The summed E-state index contributed by atoms with van der Waals surface area (Å²) in [6.45, 7) is 0. The Morgan fingerprint density at radius 3 is 2.35 bits per heavy atom. The van der Waals surface area contributed by atoms with Gasteiger partial charge in [-0.25, -0.2) is 14.0 Å². The molecule has 2 saturated heterocycles. The van der Waals surface area contributed by atoms with E-state index in [-0.39, 0.29) is 11.1 Å². The number of halogens is 2. The molecule has 2 N–H and O–H groups in total. The molecule has 2 bridgehead atoms. The maximum Gasteiger partial charge on any atom is 0.328 e. The number of fused-ring (bicyclic) bond motifs is 2. The lowest BCUT2D eigenvalue weighted by atomic mass is 10.0. The van der Waals surface area contributed by atoms with E-state index in [2.05, 4.69) is 22.1 Å². The van der Waals surface area contributed by atoms with Crippen molar-refractivity contribution in [2.75, 3.05) is 7.05 Å². The van der Waals surface area contributed by atoms with Crippen LogP contribution < -0.4 is 4.74 Å². The van der Waals surface area contributed by atoms with Gasteiger partial charge in [0.2, 0.25) is 0 Å². The van der Waals surface area contributed by atoms with Gasteiger partial charge in [-0.3, -0.25) is 0 Å². The monoisotopic (exact) mass is 469 g/mol. The van der Waals surface area contributed by atoms with Crippen molar-refractivity contribution >= 4 is 34.9 Å². The Bertz CT molecular complexity index is 955. The number of nitrogens with zero attached hydrogens (tertiary/aromatic N) is 3. The van der Waals surface area contributed by atoms with Gasteiger partial charge in [0.05, 0.1) is 5.02 Å². The summed E-state index contributed by atoms with van der Waals surface area (Å²) >= 11 is 7.20. The van der Waals surface area contributed by atoms with E-state index >= 15 is 0 Å². The van der Waals surface area contributed by atoms with Crippen LogP contribution in [0.15, 0.2) is 30.4 Å². The SMILES string of the molecule is CN1C2CCC1CC(Oc1nnc(-c3ccc(F)c(Cl)c3)s1)C2.O=C(O)/C=C/C(=O)O. The van der Waals surface area contributed by atoms with Gasteiger partial charge in [0, 0.05) is 29.8 Å². The maximum absolute atomic E-state index is 13.2. The third-order valence-corrected chi connectivity index (χ3v) is 6.42. The number of hydrogen-bond acceptors (Lipinski definition) is 7. The van der Waals surface area contributed by atoms with Crippen molar-refractivity contribution in [2.45, 2.75) is 43.9 Å². The van der Waals surface area contributed by atoms with Crippen LogP contribution in [0.3, 0.4) is 0 Å². The zero-order chi connectivity index (χ0) is 22.5. The molecule has 2 aliphatic rings. The van der Waals surface area contributed by atoms with Gasteiger partial charge in [-0.2, -0.15) is 0 Å². The van der Waals surface area contributed by atoms with Gasteiger partial charge in [-0.05, 0) is 50.9 Å². The Morgan fingerprint density at radius 1 is 1.19 bits per heavy atom. The topological polar surface area (TPSA) is 113 Å². The van der Waals surface area contributed by atoms with Crippen LogP contribution in [0, 0.1) is 5.82 Å². The van der Waals surface area contributed by atoms with Crippen LogP contribution in [0.1, 0.15) is 25.7 Å². The number of carboxylic acid groups (broad SMARTS) is 2. The number of carbonyl (C=O) groups is 2. The van der Waals surface area contributed by atoms with Gasteiger partial charge in [-0.1, -0.05) is 28.0 Å². The molecular weight excluding hydrogens is 449 g/mol. The van der Waals surface area contributed by atoms with E-state index in [0.29, 0.717) is 34.4 Å². The van der Waals surface area contributed by atoms with Crippen LogP contribution in [0.4, 0.5) is 4.39 Å². The predicted octanol–water partition coefficient (Wildman–Crippen LogP) is 3.71. The van der Waals surface area contributed by atoms with Crippen LogP contribution in [0.2, 0.25) is 5.02 Å². The molecule has 11 heteroatoms. The summed E-state index contributed by atoms with van der Waals surface area (Å²) in [5.41, 5.74) is 0.757. The fourth-order valence-corrected chi connectivity index (χ4v) is 4.68. The number of ether oxygens (including phenoxy) is 1. The van der Waals surface area contributed by atoms with E-state index in [9.17, 15) is 14.0 Å². The van der Waals surface area contributed by atoms with Crippen molar-refractivity contribution in [1.29, 1.82) is 0 Å². The highest BCUT2D eigenvalue weighted by Crippen LogP contribution is 2.37. The fraction of sp³-hybridized carbons (Fsp3) is 0.400. The Labute approximate surface area is 186 Å². The summed E-state index contributed by atoms with van der Waals surface area (Å²) < 4.78 is 19.3. The molecule has 2 unspecified atom stereocenters. The molecule has 2 aliphatic heterocycles. The van der Waals surface area contributed by atoms with Crippen LogP contribution in [-0.4, -0.2) is 62.5 Å². The largest absolute Gasteiger partial charge is 0.478 e. The second-order valence-electron chi connectivity index (χ2n) is 7.27. The molecular formula is C20H21ClFN3O5S. The van der Waals surface area contributed by atoms with Gasteiger partial charge >= 0.3 is 11.9 Å². The van der Waals surface area contributed by atoms with Gasteiger partial charge in [-0.15, -0.1) is 5.10 Å². The summed E-state index contributed by atoms with van der Waals surface area (Å²) in [6, 6.07) is 5.82. The first kappa shape index (κ1) is 23.1. The lowest BCUT2D eigenvalue weighted by Gasteiger charge is -2.35. The highest BCUT2D eigenvalue weighted by atomic mass is 35.5. The Balaban J connectivity index is 0.000000293. The number of benzene rings is 1. The molecule has 0 saturated carbocycles. The van der Waals surface area contributed by atoms with Crippen molar-refractivity contribution in [1.82, 2.24) is 15.1 Å². The summed E-state index contributed by atoms with van der Waals surface area (Å²) in [4.78, 5) is 21.6. The van der Waals surface area contributed by atoms with Crippen molar-refractivity contribution in [3.05, 3.63) is 41.2 Å². The smallest absolute Gasteiger partial charge is 0.328 e. The van der Waals surface area contributed by atoms with E-state index in [1.165, 1.54) is 30.2 Å². The van der Waals surface area contributed by atoms with Crippen molar-refractivity contribution in [3.63, 3.8) is 0 Å². The molecule has 4 rings (SSSR count). The molecule has 2 aromatic rings. The molecule has 1 aromatic heterocycles. The Kier molecular flexibility index (Phi) is 7.58. The molecule has 3 heterocycles. The van der Waals surface area contributed by atoms with E-state index in [4.69, 9.17) is 26.6 Å². The van der Waals surface area contributed by atoms with E-state index in [1.54, 1.807) is 12.1 Å². The Morgan fingerprint density at radius 2 is 1.81 bits per heavy atom. The number of aromatic nitrogens is 2. The summed E-state index contributed by atoms with van der Waals surface area (Å²) in [6.07, 6.45) is 5.94. The van der Waals surface area contributed by atoms with E-state index in [1.807, 2.05) is 0 Å². The van der Waals surface area contributed by atoms with Gasteiger partial charge in [0.25, 0.3) is 5.19 Å². The molecule has 0 radical (unpaired) electrons. The lowest BCUT2D eigenvalue weighted by Crippen LogP contribution is -2.43. The van der Waals surface area contributed by atoms with Crippen LogP contribution in [0.5, 0.6) is 5.19 Å². The van der Waals surface area contributed by atoms with Gasteiger partial charge in [0.15, 0.2) is 5.01 Å². The number of piperidine rings is 1. The first-order chi connectivity index (χ1) is 14.7. The molecule has 166 valence electrons. The third kappa shape index (κ3) is 6.22. The number of aliphatic carboxylic acids is 2. The minimum absolute atomic E-state index is 0.0899. The van der Waals surface area contributed by atoms with E-state index in [0.717, 1.165) is 18.4 Å². The van der Waals surface area contributed by atoms with Crippen LogP contribution in [0.25, 0.3) is 10.6 Å². The maximum atomic E-state index is 13.2. The van der Waals surface area contributed by atoms with Gasteiger partial charge in [0.1, 0.15) is 11.9 Å². The average molecular weight is 470 g/mol. The zero-order valence-electron chi connectivity index (χ0n) is 16.6. The first-order valence-corrected chi connectivity index (χ1v) is 10.7. The standard InChI is InChI=1S/C16H17ClFN3OS.C4H4O4/c1-21-10-3-4-11(21)8-12(7-10)22-16-20-19-15(23-16)9-2-5-14(18)13(17)6-9;5-3(6)1-2-4(7)8/h2,5-6,10-12H,3-4,7-8H2,1H3;1-2H,(H,5,6)(H,7,8)/b;2-1+. The van der Waals surface area contributed by atoms with Crippen molar-refractivity contribution in [3.8, 4) is 15.8 Å². The fourth-order valence-electron chi connectivity index (χ4n) is 3.75. The molecule has 2 atom stereocenters. The minimum atomic E-state index is -1.26. The quantitative estimate of drug-likeness (QED) is 0.637. The summed E-state index contributed by atoms with van der Waals surface area (Å²) in [5, 5.41) is 25.3. The van der Waals surface area contributed by atoms with Crippen molar-refractivity contribution in [2.24, 2.45) is 0 Å². The second kappa shape index (κ2) is 10.2. The predicted molar refractivity (Wildman–Crippen MR) is 113 cm³/mol. The Hall–Kier alpha value is -2.56. The minimum Gasteiger partial charge on any atom is -0.478 e. The molecule has 1 aromatic carbocycles. The van der Waals surface area contributed by atoms with Crippen molar-refractivity contribution < 1.29 is 28.9 Å². The van der Waals surface area contributed by atoms with Crippen LogP contribution >= 0.6 is 22.9 Å². The summed E-state index contributed by atoms with van der Waals surface area (Å²) in [7, 11) is 2.21. The van der Waals surface area contributed by atoms with Crippen LogP contribution in [-0.2, 0) is 9.59 Å². The number of hydrogen-bond donors (Lipinski definition) is 2. The third-order valence-electron chi connectivity index (χ3n) is 5.26. The highest BCUT2D eigenvalue weighted by molar-refractivity contribution is 7.16. The first-order valence-electron chi connectivity index (χ1n) is 9.54. The second-order valence-corrected chi connectivity index (χ2v) is 8.62. The van der Waals surface area contributed by atoms with Gasteiger partial charge < -0.3 is 19.8 Å². The normalized spacial score (nSPS) is 22.7. The highest BCUT2D eigenvalue weighted by Gasteiger charge is 2.39. The number of carboxylic acids is 2. The van der Waals surface area contributed by atoms with E-state index < -0.39 is 17.8 Å². The molecule has 0 spiro atoms. The molecule has 31 heavy (non-hydrogen) atoms. The lowest BCUT2D eigenvalue weighted by molar-refractivity contribution is -0.134.